The molecule has 3 N–H and O–H groups in total. The smallest absolute Gasteiger partial charge is 0.259 e. The Bertz CT molecular complexity index is 1190. The maximum absolute atomic E-state index is 13.2. The molecule has 7 nitrogen and oxygen atoms in total. The van der Waals surface area contributed by atoms with Gasteiger partial charge >= 0.3 is 0 Å². The summed E-state index contributed by atoms with van der Waals surface area (Å²) in [6.45, 7) is 9.69. The van der Waals surface area contributed by atoms with E-state index in [2.05, 4.69) is 21.4 Å². The average Bonchev–Trinajstić information content (AvgIpc) is 3.52. The van der Waals surface area contributed by atoms with Crippen LogP contribution in [0.2, 0.25) is 5.02 Å². The van der Waals surface area contributed by atoms with Crippen molar-refractivity contribution >= 4 is 29.0 Å². The van der Waals surface area contributed by atoms with E-state index < -0.39 is 0 Å². The first kappa shape index (κ1) is 23.7. The lowest BCUT2D eigenvalue weighted by molar-refractivity contribution is 0.0775. The molecule has 184 valence electrons. The Balaban J connectivity index is 1.10. The van der Waals surface area contributed by atoms with Crippen LogP contribution in [0.3, 0.4) is 0 Å². The molecular weight excluding hydrogens is 460 g/mol. The third-order valence-corrected chi connectivity index (χ3v) is 7.72. The molecule has 8 heteroatoms. The molecule has 2 aliphatic rings. The minimum atomic E-state index is -0.0113. The molecule has 35 heavy (non-hydrogen) atoms. The fourth-order valence-electron chi connectivity index (χ4n) is 5.26. The van der Waals surface area contributed by atoms with Crippen LogP contribution in [0.5, 0.6) is 0 Å². The van der Waals surface area contributed by atoms with E-state index in [1.165, 1.54) is 5.56 Å². The van der Waals surface area contributed by atoms with Gasteiger partial charge < -0.3 is 20.9 Å². The highest BCUT2D eigenvalue weighted by atomic mass is 35.5. The van der Waals surface area contributed by atoms with Crippen molar-refractivity contribution in [2.75, 3.05) is 50.3 Å². The molecule has 3 heterocycles. The van der Waals surface area contributed by atoms with E-state index in [0.29, 0.717) is 23.2 Å². The second-order valence-corrected chi connectivity index (χ2v) is 10.3. The second-order valence-electron chi connectivity index (χ2n) is 9.93. The predicted octanol–water partition coefficient (Wildman–Crippen LogP) is 4.23. The van der Waals surface area contributed by atoms with Crippen molar-refractivity contribution in [1.82, 2.24) is 19.6 Å². The lowest BCUT2D eigenvalue weighted by Gasteiger charge is -2.21. The molecule has 0 radical (unpaired) electrons. The summed E-state index contributed by atoms with van der Waals surface area (Å²) in [7, 11) is 0. The highest BCUT2D eigenvalue weighted by molar-refractivity contribution is 6.31. The van der Waals surface area contributed by atoms with Crippen LogP contribution in [0, 0.1) is 25.7 Å². The number of hydrogen-bond donors (Lipinski definition) is 2. The van der Waals surface area contributed by atoms with Gasteiger partial charge in [0.25, 0.3) is 5.91 Å². The summed E-state index contributed by atoms with van der Waals surface area (Å²) in [4.78, 5) is 17.7. The highest BCUT2D eigenvalue weighted by Crippen LogP contribution is 2.32. The summed E-state index contributed by atoms with van der Waals surface area (Å²) >= 11 is 6.21. The van der Waals surface area contributed by atoms with Crippen molar-refractivity contribution in [2.45, 2.75) is 20.3 Å². The largest absolute Gasteiger partial charge is 0.385 e. The lowest BCUT2D eigenvalue weighted by atomic mass is 10.0. The number of rotatable bonds is 7. The van der Waals surface area contributed by atoms with Crippen LogP contribution in [0.15, 0.2) is 48.7 Å². The molecule has 5 rings (SSSR count). The summed E-state index contributed by atoms with van der Waals surface area (Å²) in [6.07, 6.45) is 2.68. The Morgan fingerprint density at radius 1 is 1.09 bits per heavy atom. The summed E-state index contributed by atoms with van der Waals surface area (Å²) < 4.78 is 1.64. The predicted molar refractivity (Wildman–Crippen MR) is 141 cm³/mol. The van der Waals surface area contributed by atoms with Crippen molar-refractivity contribution in [3.63, 3.8) is 0 Å². The summed E-state index contributed by atoms with van der Waals surface area (Å²) in [6, 6.07) is 14.1. The molecule has 0 spiro atoms. The van der Waals surface area contributed by atoms with Crippen LogP contribution in [-0.4, -0.2) is 64.8 Å². The van der Waals surface area contributed by atoms with E-state index in [1.807, 2.05) is 55.1 Å². The number of nitrogens with zero attached hydrogens (tertiary/aromatic N) is 4. The molecule has 3 aromatic rings. The van der Waals surface area contributed by atoms with Gasteiger partial charge in [0.1, 0.15) is 11.4 Å². The van der Waals surface area contributed by atoms with E-state index in [0.717, 1.165) is 67.7 Å². The molecule has 1 amide bonds. The number of fused-ring (bicyclic) bond motifs is 1. The molecule has 2 atom stereocenters. The Morgan fingerprint density at radius 3 is 2.49 bits per heavy atom. The number of nitrogens with one attached hydrogen (secondary N) is 1. The van der Waals surface area contributed by atoms with E-state index >= 15 is 0 Å². The third-order valence-electron chi connectivity index (χ3n) is 7.32. The monoisotopic (exact) mass is 492 g/mol. The van der Waals surface area contributed by atoms with Crippen LogP contribution >= 0.6 is 11.6 Å². The Kier molecular flexibility index (Phi) is 6.71. The first-order valence-electron chi connectivity index (χ1n) is 12.3. The van der Waals surface area contributed by atoms with Gasteiger partial charge in [0, 0.05) is 43.4 Å². The first-order valence-corrected chi connectivity index (χ1v) is 12.7. The maximum atomic E-state index is 13.2. The topological polar surface area (TPSA) is 79.4 Å². The molecular formula is C27H33ClN6O. The third kappa shape index (κ3) is 5.02. The second kappa shape index (κ2) is 9.91. The zero-order valence-corrected chi connectivity index (χ0v) is 21.1. The van der Waals surface area contributed by atoms with E-state index in [-0.39, 0.29) is 5.91 Å². The lowest BCUT2D eigenvalue weighted by Crippen LogP contribution is -2.34. The molecule has 0 saturated carbocycles. The molecule has 0 aliphatic carbocycles. The van der Waals surface area contributed by atoms with Crippen LogP contribution < -0.4 is 11.1 Å². The summed E-state index contributed by atoms with van der Waals surface area (Å²) in [5.74, 6) is 1.44. The van der Waals surface area contributed by atoms with E-state index in [9.17, 15) is 4.79 Å². The Hall–Kier alpha value is -3.03. The molecule has 2 aliphatic heterocycles. The van der Waals surface area contributed by atoms with Crippen LogP contribution in [0.4, 0.5) is 11.5 Å². The number of aromatic nitrogens is 2. The van der Waals surface area contributed by atoms with Gasteiger partial charge in [-0.3, -0.25) is 4.79 Å². The zero-order chi connectivity index (χ0) is 24.5. The summed E-state index contributed by atoms with van der Waals surface area (Å²) in [5.41, 5.74) is 11.0. The molecule has 2 unspecified atom stereocenters. The fourth-order valence-corrected chi connectivity index (χ4v) is 5.44. The maximum Gasteiger partial charge on any atom is 0.259 e. The number of aryl methyl sites for hydroxylation is 2. The van der Waals surface area contributed by atoms with Crippen LogP contribution in [-0.2, 0) is 0 Å². The number of amides is 1. The number of carbonyl (C=O) groups is 1. The Morgan fingerprint density at radius 2 is 1.80 bits per heavy atom. The molecule has 2 fully saturated rings. The molecule has 0 bridgehead atoms. The number of anilines is 2. The van der Waals surface area contributed by atoms with Crippen LogP contribution in [0.1, 0.15) is 27.9 Å². The van der Waals surface area contributed by atoms with Crippen molar-refractivity contribution < 1.29 is 4.79 Å². The number of hydrogen-bond acceptors (Lipinski definition) is 5. The number of benzene rings is 2. The van der Waals surface area contributed by atoms with Crippen molar-refractivity contribution in [2.24, 2.45) is 11.8 Å². The highest BCUT2D eigenvalue weighted by Gasteiger charge is 2.42. The van der Waals surface area contributed by atoms with Crippen molar-refractivity contribution in [1.29, 1.82) is 0 Å². The SMILES string of the molecule is Cc1ccc(-n2ncc(C(=O)N3CC4CN(CCCNc5ccc(C)c(Cl)c5)CC4C3)c2N)cc1. The molecule has 2 saturated heterocycles. The van der Waals surface area contributed by atoms with Gasteiger partial charge in [0.05, 0.1) is 11.9 Å². The number of likely N-dealkylation sites (tertiary alicyclic amines) is 2. The normalized spacial score (nSPS) is 19.8. The number of halogens is 1. The average molecular weight is 493 g/mol. The summed E-state index contributed by atoms with van der Waals surface area (Å²) in [5, 5.41) is 8.65. The van der Waals surface area contributed by atoms with Gasteiger partial charge in [-0.1, -0.05) is 35.4 Å². The van der Waals surface area contributed by atoms with Crippen molar-refractivity contribution in [3.8, 4) is 5.69 Å². The Labute approximate surface area is 211 Å². The van der Waals surface area contributed by atoms with Gasteiger partial charge in [-0.15, -0.1) is 0 Å². The quantitative estimate of drug-likeness (QED) is 0.482. The van der Waals surface area contributed by atoms with Crippen LogP contribution in [0.25, 0.3) is 5.69 Å². The number of nitrogen functional groups attached to an aromatic ring is 1. The fraction of sp³-hybridized carbons (Fsp3) is 0.407. The molecule has 1 aromatic heterocycles. The minimum Gasteiger partial charge on any atom is -0.385 e. The van der Waals surface area contributed by atoms with Gasteiger partial charge in [0.2, 0.25) is 0 Å². The molecule has 2 aromatic carbocycles. The number of carbonyl (C=O) groups excluding carboxylic acids is 1. The van der Waals surface area contributed by atoms with Gasteiger partial charge in [-0.05, 0) is 68.5 Å². The van der Waals surface area contributed by atoms with E-state index in [4.69, 9.17) is 17.3 Å². The van der Waals surface area contributed by atoms with Gasteiger partial charge in [-0.2, -0.15) is 5.10 Å². The van der Waals surface area contributed by atoms with Gasteiger partial charge in [-0.25, -0.2) is 4.68 Å². The zero-order valence-electron chi connectivity index (χ0n) is 20.4. The van der Waals surface area contributed by atoms with Crippen molar-refractivity contribution in [3.05, 3.63) is 70.4 Å². The van der Waals surface area contributed by atoms with E-state index in [1.54, 1.807) is 10.9 Å². The van der Waals surface area contributed by atoms with Gasteiger partial charge in [0.15, 0.2) is 0 Å². The number of nitrogens with two attached hydrogens (primary N) is 1. The standard InChI is InChI=1S/C27H33ClN6O/c1-18-4-8-23(9-5-18)34-26(29)24(13-31-34)27(35)33-16-20-14-32(15-21(20)17-33)11-3-10-30-22-7-6-19(2)25(28)12-22/h4-9,12-13,20-21,30H,3,10-11,14-17,29H2,1-2H3. The minimum absolute atomic E-state index is 0.0113. The first-order chi connectivity index (χ1) is 16.9.